The molecule has 0 spiro atoms. The van der Waals surface area contributed by atoms with E-state index in [0.717, 1.165) is 0 Å². The van der Waals surface area contributed by atoms with Gasteiger partial charge in [0.1, 0.15) is 6.61 Å². The molecule has 8 aliphatic rings. The van der Waals surface area contributed by atoms with E-state index in [0.29, 0.717) is 0 Å². The molecule has 8 saturated carbocycles. The predicted molar refractivity (Wildman–Crippen MR) is 123 cm³/mol. The zero-order valence-corrected chi connectivity index (χ0v) is 27.1. The first-order chi connectivity index (χ1) is 26.4. The maximum atomic E-state index is 14.7. The van der Waals surface area contributed by atoms with Crippen LogP contribution in [0.1, 0.15) is 0 Å². The molecule has 0 aromatic carbocycles. The van der Waals surface area contributed by atoms with Crippen molar-refractivity contribution in [2.75, 3.05) is 13.2 Å². The van der Waals surface area contributed by atoms with Crippen LogP contribution in [0.5, 0.6) is 0 Å². The van der Waals surface area contributed by atoms with E-state index in [4.69, 9.17) is 0 Å². The Balaban J connectivity index is 0.000000232. The van der Waals surface area contributed by atoms with Crippen LogP contribution < -0.4 is 0 Å². The maximum Gasteiger partial charge on any atom is 0.339 e. The van der Waals surface area contributed by atoms with Gasteiger partial charge in [-0.1, -0.05) is 6.08 Å². The molecule has 2 N–H and O–H groups in total. The SMILES string of the molecule is C=CCOC12C(F)(F)C3(O)C(F)(F)C(F)(C(F)(F)C(F)(C3(F)F)C1(F)F)C2(F)F.OC12C(F)(F)C3(F)C(F)(F)C(F)(C1(F)F)C(F)(F)C(OCC(F)=C(F)F)(C2(F)F)C3(F)F. The van der Waals surface area contributed by atoms with Crippen LogP contribution in [0, 0.1) is 0 Å². The van der Waals surface area contributed by atoms with Gasteiger partial charge >= 0.3 is 99.8 Å². The molecule has 0 amide bonds. The van der Waals surface area contributed by atoms with E-state index < -0.39 is 141 Å². The molecule has 0 aromatic heterocycles. The van der Waals surface area contributed by atoms with Gasteiger partial charge in [0.05, 0.1) is 6.61 Å². The van der Waals surface area contributed by atoms with Crippen LogP contribution in [0.25, 0.3) is 0 Å². The van der Waals surface area contributed by atoms with E-state index in [1.54, 1.807) is 0 Å². The van der Waals surface area contributed by atoms with Crippen molar-refractivity contribution in [3.05, 3.63) is 24.6 Å². The Morgan fingerprint density at radius 2 is 0.590 bits per heavy atom. The summed E-state index contributed by atoms with van der Waals surface area (Å²) in [6.45, 7) is -2.71. The Morgan fingerprint density at radius 1 is 0.361 bits per heavy atom. The molecule has 0 saturated heterocycles. The first-order valence-electron chi connectivity index (χ1n) is 14.7. The molecule has 4 atom stereocenters. The van der Waals surface area contributed by atoms with Crippen LogP contribution in [0.15, 0.2) is 24.6 Å². The number of rotatable bonds is 6. The Hall–Kier alpha value is -2.85. The molecule has 0 heterocycles. The Kier molecular flexibility index (Phi) is 8.84. The lowest BCUT2D eigenvalue weighted by Crippen LogP contribution is -3.10. The highest BCUT2D eigenvalue weighted by molar-refractivity contribution is 5.56. The first-order valence-corrected chi connectivity index (χ1v) is 14.7. The molecular formula is C26H9F31O4. The van der Waals surface area contributed by atoms with E-state index in [-0.39, 0.29) is 6.08 Å². The second kappa shape index (κ2) is 11.0. The molecule has 0 aliphatic heterocycles. The highest BCUT2D eigenvalue weighted by Crippen LogP contribution is 2.90. The smallest absolute Gasteiger partial charge is 0.339 e. The molecule has 4 unspecified atom stereocenters. The van der Waals surface area contributed by atoms with Gasteiger partial charge in [0.2, 0.25) is 0 Å². The molecule has 61 heavy (non-hydrogen) atoms. The minimum absolute atomic E-state index is 0.0646. The summed E-state index contributed by atoms with van der Waals surface area (Å²) in [5, 5.41) is 18.6. The first kappa shape index (κ1) is 49.2. The van der Waals surface area contributed by atoms with Gasteiger partial charge in [-0.05, 0) is 0 Å². The molecule has 354 valence electrons. The van der Waals surface area contributed by atoms with E-state index in [1.165, 1.54) is 0 Å². The minimum Gasteiger partial charge on any atom is -0.373 e. The van der Waals surface area contributed by atoms with Crippen molar-refractivity contribution in [1.29, 1.82) is 0 Å². The monoisotopic (exact) mass is 974 g/mol. The third-order valence-electron chi connectivity index (χ3n) is 11.6. The molecule has 8 rings (SSSR count). The van der Waals surface area contributed by atoms with Crippen molar-refractivity contribution in [3.63, 3.8) is 0 Å². The number of ether oxygens (including phenoxy) is 2. The van der Waals surface area contributed by atoms with Crippen LogP contribution in [0.2, 0.25) is 0 Å². The maximum absolute atomic E-state index is 14.7. The lowest BCUT2D eigenvalue weighted by Gasteiger charge is -2.75. The van der Waals surface area contributed by atoms with Gasteiger partial charge in [0.25, 0.3) is 22.4 Å². The van der Waals surface area contributed by atoms with Crippen LogP contribution >= 0.6 is 0 Å². The van der Waals surface area contributed by atoms with Crippen molar-refractivity contribution in [3.8, 4) is 0 Å². The van der Waals surface area contributed by atoms with Gasteiger partial charge in [-0.3, -0.25) is 0 Å². The molecule has 8 aliphatic carbocycles. The average Bonchev–Trinajstić information content (AvgIpc) is 3.08. The molecule has 8 fully saturated rings. The highest BCUT2D eigenvalue weighted by atomic mass is 19.4. The molecule has 0 radical (unpaired) electrons. The summed E-state index contributed by atoms with van der Waals surface area (Å²) in [5.41, 5.74) is -59.1. The summed E-state index contributed by atoms with van der Waals surface area (Å²) in [6, 6.07) is 0. The van der Waals surface area contributed by atoms with Crippen LogP contribution in [-0.2, 0) is 9.47 Å². The van der Waals surface area contributed by atoms with Crippen LogP contribution in [0.3, 0.4) is 0 Å². The van der Waals surface area contributed by atoms with Crippen molar-refractivity contribution >= 4 is 0 Å². The Morgan fingerprint density at radius 3 is 0.803 bits per heavy atom. The van der Waals surface area contributed by atoms with E-state index in [2.05, 4.69) is 16.1 Å². The largest absolute Gasteiger partial charge is 0.373 e. The summed E-state index contributed by atoms with van der Waals surface area (Å²) >= 11 is 0. The fourth-order valence-corrected chi connectivity index (χ4v) is 8.64. The topological polar surface area (TPSA) is 58.9 Å². The van der Waals surface area contributed by atoms with E-state index >= 15 is 0 Å². The highest BCUT2D eigenvalue weighted by Gasteiger charge is 3.24. The molecular weight excluding hydrogens is 965 g/mol. The summed E-state index contributed by atoms with van der Waals surface area (Å²) in [5.74, 6) is -95.3. The van der Waals surface area contributed by atoms with Crippen LogP contribution in [-0.4, -0.2) is 140 Å². The average molecular weight is 974 g/mol. The fraction of sp³-hybridized carbons (Fsp3) is 0.846. The second-order valence-electron chi connectivity index (χ2n) is 13.9. The molecule has 4 nitrogen and oxygen atoms in total. The van der Waals surface area contributed by atoms with Gasteiger partial charge in [-0.2, -0.15) is 114 Å². The number of hydrogen-bond acceptors (Lipinski definition) is 4. The normalized spacial score (nSPS) is 47.2. The van der Waals surface area contributed by atoms with Gasteiger partial charge in [0.15, 0.2) is 5.83 Å². The quantitative estimate of drug-likeness (QED) is 0.207. The summed E-state index contributed by atoms with van der Waals surface area (Å²) in [7, 11) is 0. The fourth-order valence-electron chi connectivity index (χ4n) is 8.64. The third-order valence-corrected chi connectivity index (χ3v) is 11.6. The zero-order chi connectivity index (χ0) is 48.7. The zero-order valence-electron chi connectivity index (χ0n) is 27.1. The Labute approximate surface area is 310 Å². The predicted octanol–water partition coefficient (Wildman–Crippen LogP) is 8.75. The van der Waals surface area contributed by atoms with Crippen molar-refractivity contribution < 1.29 is 156 Å². The van der Waals surface area contributed by atoms with Crippen molar-refractivity contribution in [1.82, 2.24) is 0 Å². The summed E-state index contributed by atoms with van der Waals surface area (Å²) in [6.07, 6.45) is -3.65. The lowest BCUT2D eigenvalue weighted by atomic mass is 9.39. The summed E-state index contributed by atoms with van der Waals surface area (Å²) in [4.78, 5) is 0. The second-order valence-corrected chi connectivity index (χ2v) is 13.9. The number of aliphatic hydroxyl groups is 2. The van der Waals surface area contributed by atoms with Crippen molar-refractivity contribution in [2.24, 2.45) is 0 Å². The number of hydrogen-bond donors (Lipinski definition) is 2. The van der Waals surface area contributed by atoms with Gasteiger partial charge < -0.3 is 19.7 Å². The molecule has 0 aromatic rings. The van der Waals surface area contributed by atoms with Gasteiger partial charge in [-0.25, -0.2) is 22.0 Å². The van der Waals surface area contributed by atoms with Crippen molar-refractivity contribution in [2.45, 2.75) is 116 Å². The van der Waals surface area contributed by atoms with E-state index in [9.17, 15) is 146 Å². The number of alkyl halides is 28. The Bertz CT molecular complexity index is 1740. The van der Waals surface area contributed by atoms with E-state index in [1.807, 2.05) is 0 Å². The van der Waals surface area contributed by atoms with Crippen LogP contribution in [0.4, 0.5) is 136 Å². The number of halogens is 31. The molecule has 35 heteroatoms. The summed E-state index contributed by atoms with van der Waals surface area (Å²) < 4.78 is 445. The lowest BCUT2D eigenvalue weighted by molar-refractivity contribution is -0.627. The molecule has 8 bridgehead atoms. The van der Waals surface area contributed by atoms with Gasteiger partial charge in [-0.15, -0.1) is 6.58 Å². The minimum atomic E-state index is -7.95. The van der Waals surface area contributed by atoms with Gasteiger partial charge in [0, 0.05) is 0 Å². The standard InChI is InChI=1S/C13H3F17O2.C13H6F14O2/c14-2(3(15)16)1-32-7-11(25,26)4(17)8(19,20)5(18,12(7,27)28)10(23,24)6(31,9(4,21)22)13(7,29)30;1-2-3-29-7-11(22,23)4(14)8(16,17)5(15,12(7,24)25)10(20,21)6(28,9(4,18)19)13(7,26)27/h31H,1H2;2,28H,1,3H2. The third kappa shape index (κ3) is 3.34.